The second kappa shape index (κ2) is 6.96. The van der Waals surface area contributed by atoms with Crippen LogP contribution in [0.25, 0.3) is 11.1 Å². The molecule has 0 atom stereocenters. The Morgan fingerprint density at radius 3 is 2.58 bits per heavy atom. The Labute approximate surface area is 140 Å². The van der Waals surface area contributed by atoms with Gasteiger partial charge in [-0.1, -0.05) is 30.3 Å². The van der Waals surface area contributed by atoms with Crippen LogP contribution in [0.2, 0.25) is 0 Å². The summed E-state index contributed by atoms with van der Waals surface area (Å²) in [5.41, 5.74) is 3.62. The van der Waals surface area contributed by atoms with Crippen molar-refractivity contribution < 1.29 is 14.6 Å². The molecule has 3 aromatic rings. The van der Waals surface area contributed by atoms with Crippen LogP contribution >= 0.6 is 0 Å². The SMILES string of the molecule is Cc1cncc(-c2ccc(OCc3ccccc3)cc2C(=O)O)c1. The average Bonchev–Trinajstić information content (AvgIpc) is 2.60. The number of aromatic nitrogens is 1. The van der Waals surface area contributed by atoms with Crippen LogP contribution in [0, 0.1) is 6.92 Å². The summed E-state index contributed by atoms with van der Waals surface area (Å²) in [4.78, 5) is 15.8. The highest BCUT2D eigenvalue weighted by Gasteiger charge is 2.14. The topological polar surface area (TPSA) is 59.4 Å². The van der Waals surface area contributed by atoms with Crippen LogP contribution < -0.4 is 4.74 Å². The zero-order valence-electron chi connectivity index (χ0n) is 13.3. The fourth-order valence-corrected chi connectivity index (χ4v) is 2.48. The number of aryl methyl sites for hydroxylation is 1. The lowest BCUT2D eigenvalue weighted by molar-refractivity contribution is 0.0697. The highest BCUT2D eigenvalue weighted by Crippen LogP contribution is 2.28. The lowest BCUT2D eigenvalue weighted by atomic mass is 10.00. The summed E-state index contributed by atoms with van der Waals surface area (Å²) in [6, 6.07) is 16.8. The molecule has 0 bridgehead atoms. The molecule has 1 heterocycles. The monoisotopic (exact) mass is 319 g/mol. The molecule has 120 valence electrons. The summed E-state index contributed by atoms with van der Waals surface area (Å²) in [5, 5.41) is 9.53. The maximum atomic E-state index is 11.6. The van der Waals surface area contributed by atoms with Gasteiger partial charge >= 0.3 is 5.97 Å². The Balaban J connectivity index is 1.89. The van der Waals surface area contributed by atoms with Crippen molar-refractivity contribution in [2.45, 2.75) is 13.5 Å². The second-order valence-corrected chi connectivity index (χ2v) is 5.54. The van der Waals surface area contributed by atoms with E-state index in [4.69, 9.17) is 4.74 Å². The Morgan fingerprint density at radius 2 is 1.88 bits per heavy atom. The molecule has 0 aliphatic heterocycles. The largest absolute Gasteiger partial charge is 0.489 e. The quantitative estimate of drug-likeness (QED) is 0.760. The standard InChI is InChI=1S/C20H17NO3/c1-14-9-16(12-21-11-14)18-8-7-17(10-19(18)20(22)23)24-13-15-5-3-2-4-6-15/h2-12H,13H2,1H3,(H,22,23). The normalized spacial score (nSPS) is 10.4. The third-order valence-electron chi connectivity index (χ3n) is 3.66. The van der Waals surface area contributed by atoms with Gasteiger partial charge < -0.3 is 9.84 Å². The van der Waals surface area contributed by atoms with E-state index in [1.807, 2.05) is 43.3 Å². The van der Waals surface area contributed by atoms with Gasteiger partial charge in [0.2, 0.25) is 0 Å². The molecule has 4 heteroatoms. The smallest absolute Gasteiger partial charge is 0.336 e. The fourth-order valence-electron chi connectivity index (χ4n) is 2.48. The lowest BCUT2D eigenvalue weighted by Gasteiger charge is -2.11. The van der Waals surface area contributed by atoms with Gasteiger partial charge in [-0.05, 0) is 47.9 Å². The van der Waals surface area contributed by atoms with E-state index < -0.39 is 5.97 Å². The molecule has 0 unspecified atom stereocenters. The van der Waals surface area contributed by atoms with E-state index in [9.17, 15) is 9.90 Å². The van der Waals surface area contributed by atoms with Crippen LogP contribution in [0.3, 0.4) is 0 Å². The number of ether oxygens (including phenoxy) is 1. The molecule has 2 aromatic carbocycles. The number of pyridine rings is 1. The lowest BCUT2D eigenvalue weighted by Crippen LogP contribution is -2.02. The van der Waals surface area contributed by atoms with E-state index in [-0.39, 0.29) is 5.56 Å². The molecule has 1 aromatic heterocycles. The van der Waals surface area contributed by atoms with Gasteiger partial charge in [-0.25, -0.2) is 4.79 Å². The molecule has 3 rings (SSSR count). The van der Waals surface area contributed by atoms with Crippen LogP contribution in [-0.4, -0.2) is 16.1 Å². The van der Waals surface area contributed by atoms with Crippen molar-refractivity contribution in [1.29, 1.82) is 0 Å². The Bertz CT molecular complexity index is 860. The van der Waals surface area contributed by atoms with Gasteiger partial charge in [-0.2, -0.15) is 0 Å². The number of carboxylic acid groups (broad SMARTS) is 1. The summed E-state index contributed by atoms with van der Waals surface area (Å²) in [6.45, 7) is 2.32. The van der Waals surface area contributed by atoms with Gasteiger partial charge in [0, 0.05) is 18.0 Å². The third kappa shape index (κ3) is 3.60. The van der Waals surface area contributed by atoms with Crippen LogP contribution in [0.15, 0.2) is 67.0 Å². The van der Waals surface area contributed by atoms with Gasteiger partial charge in [0.15, 0.2) is 0 Å². The molecular weight excluding hydrogens is 302 g/mol. The van der Waals surface area contributed by atoms with Gasteiger partial charge in [-0.3, -0.25) is 4.98 Å². The van der Waals surface area contributed by atoms with Gasteiger partial charge in [0.05, 0.1) is 5.56 Å². The number of nitrogens with zero attached hydrogens (tertiary/aromatic N) is 1. The third-order valence-corrected chi connectivity index (χ3v) is 3.66. The number of hydrogen-bond donors (Lipinski definition) is 1. The Hall–Kier alpha value is -3.14. The summed E-state index contributed by atoms with van der Waals surface area (Å²) in [5.74, 6) is -0.461. The minimum absolute atomic E-state index is 0.202. The van der Waals surface area contributed by atoms with Crippen molar-refractivity contribution in [1.82, 2.24) is 4.98 Å². The van der Waals surface area contributed by atoms with Crippen molar-refractivity contribution in [2.75, 3.05) is 0 Å². The number of hydrogen-bond acceptors (Lipinski definition) is 3. The minimum atomic E-state index is -0.989. The summed E-state index contributed by atoms with van der Waals surface area (Å²) in [7, 11) is 0. The van der Waals surface area contributed by atoms with Crippen LogP contribution in [0.4, 0.5) is 0 Å². The molecule has 4 nitrogen and oxygen atoms in total. The van der Waals surface area contributed by atoms with E-state index >= 15 is 0 Å². The van der Waals surface area contributed by atoms with E-state index in [1.54, 1.807) is 30.6 Å². The minimum Gasteiger partial charge on any atom is -0.489 e. The summed E-state index contributed by atoms with van der Waals surface area (Å²) < 4.78 is 5.72. The number of carbonyl (C=O) groups is 1. The molecule has 0 saturated carbocycles. The number of rotatable bonds is 5. The maximum Gasteiger partial charge on any atom is 0.336 e. The number of benzene rings is 2. The Kier molecular flexibility index (Phi) is 4.57. The highest BCUT2D eigenvalue weighted by molar-refractivity contribution is 5.96. The predicted octanol–water partition coefficient (Wildman–Crippen LogP) is 4.33. The summed E-state index contributed by atoms with van der Waals surface area (Å²) >= 11 is 0. The molecule has 1 N–H and O–H groups in total. The van der Waals surface area contributed by atoms with Crippen molar-refractivity contribution in [3.05, 3.63) is 83.7 Å². The first kappa shape index (κ1) is 15.7. The van der Waals surface area contributed by atoms with Crippen LogP contribution in [0.1, 0.15) is 21.5 Å². The maximum absolute atomic E-state index is 11.6. The van der Waals surface area contributed by atoms with Gasteiger partial charge in [-0.15, -0.1) is 0 Å². The van der Waals surface area contributed by atoms with Crippen LogP contribution in [0.5, 0.6) is 5.75 Å². The molecule has 0 fully saturated rings. The molecule has 0 aliphatic rings. The first-order valence-electron chi connectivity index (χ1n) is 7.59. The van der Waals surface area contributed by atoms with Crippen LogP contribution in [-0.2, 0) is 6.61 Å². The van der Waals surface area contributed by atoms with Crippen molar-refractivity contribution in [3.63, 3.8) is 0 Å². The highest BCUT2D eigenvalue weighted by atomic mass is 16.5. The molecule has 0 aliphatic carbocycles. The van der Waals surface area contributed by atoms with E-state index in [0.717, 1.165) is 16.7 Å². The van der Waals surface area contributed by atoms with Gasteiger partial charge in [0.25, 0.3) is 0 Å². The zero-order valence-corrected chi connectivity index (χ0v) is 13.3. The Morgan fingerprint density at radius 1 is 1.08 bits per heavy atom. The summed E-state index contributed by atoms with van der Waals surface area (Å²) in [6.07, 6.45) is 3.40. The second-order valence-electron chi connectivity index (χ2n) is 5.54. The van der Waals surface area contributed by atoms with E-state index in [2.05, 4.69) is 4.98 Å². The van der Waals surface area contributed by atoms with Crippen molar-refractivity contribution in [3.8, 4) is 16.9 Å². The molecule has 0 spiro atoms. The molecular formula is C20H17NO3. The first-order chi connectivity index (χ1) is 11.6. The molecule has 0 radical (unpaired) electrons. The van der Waals surface area contributed by atoms with E-state index in [1.165, 1.54) is 0 Å². The fraction of sp³-hybridized carbons (Fsp3) is 0.100. The van der Waals surface area contributed by atoms with Crippen molar-refractivity contribution in [2.24, 2.45) is 0 Å². The predicted molar refractivity (Wildman–Crippen MR) is 92.1 cm³/mol. The number of carboxylic acids is 1. The average molecular weight is 319 g/mol. The molecule has 0 amide bonds. The zero-order chi connectivity index (χ0) is 16.9. The van der Waals surface area contributed by atoms with Gasteiger partial charge in [0.1, 0.15) is 12.4 Å². The first-order valence-corrected chi connectivity index (χ1v) is 7.59. The molecule has 24 heavy (non-hydrogen) atoms. The van der Waals surface area contributed by atoms with E-state index in [0.29, 0.717) is 17.9 Å². The molecule has 0 saturated heterocycles. The number of aromatic carboxylic acids is 1. The van der Waals surface area contributed by atoms with Crippen molar-refractivity contribution >= 4 is 5.97 Å².